The largest absolute Gasteiger partial charge is 0.497 e. The molecule has 0 fully saturated rings. The van der Waals surface area contributed by atoms with Gasteiger partial charge in [-0.3, -0.25) is 9.79 Å². The number of alkyl carbamates (subject to hydrolysis) is 1. The van der Waals surface area contributed by atoms with Crippen LogP contribution < -0.4 is 15.4 Å². The number of hydrogen-bond acceptors (Lipinski definition) is 9. The summed E-state index contributed by atoms with van der Waals surface area (Å²) in [6, 6.07) is 11.4. The normalized spacial score (nSPS) is 13.2. The predicted octanol–water partition coefficient (Wildman–Crippen LogP) is 4.02. The summed E-state index contributed by atoms with van der Waals surface area (Å²) in [5.74, 6) is 1.29. The molecule has 0 radical (unpaired) electrons. The third kappa shape index (κ3) is 11.8. The van der Waals surface area contributed by atoms with Crippen LogP contribution in [0.25, 0.3) is 0 Å². The van der Waals surface area contributed by atoms with Gasteiger partial charge < -0.3 is 29.7 Å². The van der Waals surface area contributed by atoms with Crippen LogP contribution in [0.5, 0.6) is 5.75 Å². The number of amidine groups is 1. The molecule has 0 aromatic heterocycles. The maximum Gasteiger partial charge on any atom is 0.407 e. The molecule has 0 aliphatic carbocycles. The average Bonchev–Trinajstić information content (AvgIpc) is 3.54. The number of likely N-dealkylation sites (N-methyl/N-ethyl adjacent to an activating group) is 1. The zero-order chi connectivity index (χ0) is 34.6. The topological polar surface area (TPSA) is 139 Å². The molecule has 0 bridgehead atoms. The number of amides is 2. The maximum absolute atomic E-state index is 13.3. The van der Waals surface area contributed by atoms with Crippen LogP contribution in [0.2, 0.25) is 0 Å². The number of unbranched alkanes of at least 4 members (excludes halogenated alkanes) is 2. The maximum atomic E-state index is 13.3. The third-order valence-electron chi connectivity index (χ3n) is 7.51. The van der Waals surface area contributed by atoms with Crippen molar-refractivity contribution < 1.29 is 32.2 Å². The molecular formula is C34H51N5O7S. The van der Waals surface area contributed by atoms with Crippen LogP contribution in [-0.2, 0) is 30.8 Å². The number of aryl methyl sites for hydroxylation is 2. The third-order valence-corrected chi connectivity index (χ3v) is 9.68. The molecule has 1 aliphatic heterocycles. The van der Waals surface area contributed by atoms with Crippen LogP contribution in [0.3, 0.4) is 0 Å². The van der Waals surface area contributed by atoms with Crippen LogP contribution in [0.4, 0.5) is 4.79 Å². The van der Waals surface area contributed by atoms with Crippen molar-refractivity contribution in [1.29, 1.82) is 0 Å². The minimum Gasteiger partial charge on any atom is -0.497 e. The number of hydrogen-bond donors (Lipinski definition) is 2. The van der Waals surface area contributed by atoms with Crippen molar-refractivity contribution in [3.05, 3.63) is 58.7 Å². The molecule has 47 heavy (non-hydrogen) atoms. The fourth-order valence-electron chi connectivity index (χ4n) is 5.14. The molecule has 2 N–H and O–H groups in total. The molecule has 0 spiro atoms. The molecule has 0 atom stereocenters. The highest BCUT2D eigenvalue weighted by Crippen LogP contribution is 2.27. The minimum atomic E-state index is -3.77. The molecule has 260 valence electrons. The summed E-state index contributed by atoms with van der Waals surface area (Å²) in [7, 11) is -0.725. The number of sulfonamides is 1. The van der Waals surface area contributed by atoms with Gasteiger partial charge in [-0.15, -0.1) is 0 Å². The van der Waals surface area contributed by atoms with Crippen LogP contribution in [0.15, 0.2) is 46.3 Å². The zero-order valence-corrected chi connectivity index (χ0v) is 29.7. The van der Waals surface area contributed by atoms with Crippen LogP contribution in [0, 0.1) is 13.8 Å². The fraction of sp³-hybridized carbons (Fsp3) is 0.559. The number of carbonyl (C=O) groups excluding carboxylic acids is 2. The molecule has 1 aliphatic rings. The quantitative estimate of drug-likeness (QED) is 0.240. The number of benzene rings is 2. The Bertz CT molecular complexity index is 1460. The Morgan fingerprint density at radius 2 is 1.70 bits per heavy atom. The summed E-state index contributed by atoms with van der Waals surface area (Å²) >= 11 is 0. The summed E-state index contributed by atoms with van der Waals surface area (Å²) in [6.07, 6.45) is 1.84. The Morgan fingerprint density at radius 3 is 2.30 bits per heavy atom. The summed E-state index contributed by atoms with van der Waals surface area (Å²) in [5.41, 5.74) is 2.63. The Hall–Kier alpha value is -3.68. The lowest BCUT2D eigenvalue weighted by Crippen LogP contribution is -2.36. The summed E-state index contributed by atoms with van der Waals surface area (Å²) in [6.45, 7) is 11.9. The highest BCUT2D eigenvalue weighted by molar-refractivity contribution is 7.89. The van der Waals surface area contributed by atoms with Crippen LogP contribution >= 0.6 is 0 Å². The van der Waals surface area contributed by atoms with E-state index in [1.165, 1.54) is 11.4 Å². The van der Waals surface area contributed by atoms with Crippen molar-refractivity contribution in [3.8, 4) is 5.75 Å². The first-order valence-corrected chi connectivity index (χ1v) is 17.5. The van der Waals surface area contributed by atoms with Crippen molar-refractivity contribution in [3.63, 3.8) is 0 Å². The second kappa shape index (κ2) is 17.5. The monoisotopic (exact) mass is 673 g/mol. The summed E-state index contributed by atoms with van der Waals surface area (Å²) in [5, 5.41) is 6.03. The first-order valence-electron chi connectivity index (χ1n) is 16.0. The highest BCUT2D eigenvalue weighted by Gasteiger charge is 2.25. The van der Waals surface area contributed by atoms with Gasteiger partial charge in [-0.2, -0.15) is 4.31 Å². The SMILES string of the molecule is COc1cc(C)c(S(=O)(=O)N(C)CCOCC(=O)N(CCCCCNC(=O)OC(C)(C)C)Cc2ccc(C3=NCCN3)cc2)c(C)c1. The lowest BCUT2D eigenvalue weighted by molar-refractivity contribution is -0.136. The van der Waals surface area contributed by atoms with E-state index in [9.17, 15) is 18.0 Å². The molecule has 0 saturated heterocycles. The molecule has 1 heterocycles. The lowest BCUT2D eigenvalue weighted by Gasteiger charge is -2.24. The van der Waals surface area contributed by atoms with Crippen molar-refractivity contribution in [1.82, 2.24) is 19.8 Å². The van der Waals surface area contributed by atoms with Gasteiger partial charge in [0, 0.05) is 45.3 Å². The van der Waals surface area contributed by atoms with Crippen LogP contribution in [0.1, 0.15) is 62.3 Å². The smallest absolute Gasteiger partial charge is 0.407 e. The molecule has 2 aromatic rings. The minimum absolute atomic E-state index is 0.0592. The van der Waals surface area contributed by atoms with E-state index in [0.717, 1.165) is 49.3 Å². The van der Waals surface area contributed by atoms with E-state index in [2.05, 4.69) is 15.6 Å². The van der Waals surface area contributed by atoms with Gasteiger partial charge in [-0.05, 0) is 82.7 Å². The van der Waals surface area contributed by atoms with Gasteiger partial charge in [0.25, 0.3) is 0 Å². The lowest BCUT2D eigenvalue weighted by atomic mass is 10.1. The molecule has 0 saturated carbocycles. The van der Waals surface area contributed by atoms with Gasteiger partial charge in [0.2, 0.25) is 15.9 Å². The van der Waals surface area contributed by atoms with E-state index < -0.39 is 21.7 Å². The Labute approximate surface area is 279 Å². The number of carbonyl (C=O) groups is 2. The van der Waals surface area contributed by atoms with E-state index in [-0.39, 0.29) is 30.6 Å². The van der Waals surface area contributed by atoms with E-state index in [1.807, 2.05) is 45.0 Å². The molecule has 3 rings (SSSR count). The fourth-order valence-corrected chi connectivity index (χ4v) is 6.69. The van der Waals surface area contributed by atoms with Gasteiger partial charge in [0.1, 0.15) is 23.8 Å². The van der Waals surface area contributed by atoms with Crippen molar-refractivity contribution in [2.75, 3.05) is 60.1 Å². The van der Waals surface area contributed by atoms with Gasteiger partial charge in [-0.1, -0.05) is 24.3 Å². The second-order valence-electron chi connectivity index (χ2n) is 12.6. The summed E-state index contributed by atoms with van der Waals surface area (Å²) in [4.78, 5) is 31.7. The first-order chi connectivity index (χ1) is 22.2. The standard InChI is InChI=1S/C34H51N5O7S/c1-25-21-29(44-7)22-26(2)31(25)47(42,43)38(6)19-20-45-24-30(40)39(18-10-8-9-15-37-33(41)46-34(3,4)5)23-27-11-13-28(14-12-27)32-35-16-17-36-32/h11-14,21-22H,8-10,15-20,23-24H2,1-7H3,(H,35,36)(H,37,41). The molecule has 2 aromatic carbocycles. The molecule has 12 nitrogen and oxygen atoms in total. The van der Waals surface area contributed by atoms with Crippen molar-refractivity contribution in [2.24, 2.45) is 4.99 Å². The number of rotatable bonds is 17. The van der Waals surface area contributed by atoms with Gasteiger partial charge in [0.05, 0.1) is 25.2 Å². The number of nitrogens with zero attached hydrogens (tertiary/aromatic N) is 3. The van der Waals surface area contributed by atoms with Crippen molar-refractivity contribution >= 4 is 27.9 Å². The average molecular weight is 674 g/mol. The number of methoxy groups -OCH3 is 1. The van der Waals surface area contributed by atoms with Crippen LogP contribution in [-0.4, -0.2) is 101 Å². The van der Waals surface area contributed by atoms with E-state index >= 15 is 0 Å². The van der Waals surface area contributed by atoms with Gasteiger partial charge in [0.15, 0.2) is 0 Å². The molecule has 2 amide bonds. The predicted molar refractivity (Wildman–Crippen MR) is 182 cm³/mol. The van der Waals surface area contributed by atoms with E-state index in [4.69, 9.17) is 14.2 Å². The first kappa shape index (κ1) is 37.8. The van der Waals surface area contributed by atoms with E-state index in [0.29, 0.717) is 36.5 Å². The number of ether oxygens (including phenoxy) is 3. The Morgan fingerprint density at radius 1 is 1.02 bits per heavy atom. The Kier molecular flexibility index (Phi) is 14.0. The summed E-state index contributed by atoms with van der Waals surface area (Å²) < 4.78 is 44.1. The van der Waals surface area contributed by atoms with Gasteiger partial charge in [-0.25, -0.2) is 13.2 Å². The van der Waals surface area contributed by atoms with Gasteiger partial charge >= 0.3 is 6.09 Å². The molecule has 13 heteroatoms. The van der Waals surface area contributed by atoms with E-state index in [1.54, 1.807) is 38.0 Å². The second-order valence-corrected chi connectivity index (χ2v) is 14.6. The molecule has 0 unspecified atom stereocenters. The Balaban J connectivity index is 1.54. The number of nitrogens with one attached hydrogen (secondary N) is 2. The molecular weight excluding hydrogens is 622 g/mol. The highest BCUT2D eigenvalue weighted by atomic mass is 32.2. The zero-order valence-electron chi connectivity index (χ0n) is 28.8. The number of aliphatic imine (C=N–C) groups is 1. The van der Waals surface area contributed by atoms with Crippen molar-refractivity contribution in [2.45, 2.75) is 70.9 Å².